The van der Waals surface area contributed by atoms with E-state index < -0.39 is 0 Å². The number of rotatable bonds is 7. The third-order valence-corrected chi connectivity index (χ3v) is 2.87. The van der Waals surface area contributed by atoms with Crippen LogP contribution in [0.4, 0.5) is 4.39 Å². The first kappa shape index (κ1) is 15.6. The van der Waals surface area contributed by atoms with Crippen molar-refractivity contribution in [2.45, 2.75) is 13.0 Å². The molecule has 0 radical (unpaired) electrons. The molecule has 0 spiro atoms. The first-order valence-corrected chi connectivity index (χ1v) is 6.35. The predicted molar refractivity (Wildman–Crippen MR) is 76.9 cm³/mol. The van der Waals surface area contributed by atoms with Gasteiger partial charge in [-0.2, -0.15) is 0 Å². The van der Waals surface area contributed by atoms with Gasteiger partial charge in [-0.05, 0) is 64.4 Å². The molecule has 3 N–H and O–H groups in total. The van der Waals surface area contributed by atoms with E-state index in [4.69, 9.17) is 11.1 Å². The number of hydrogen-bond donors (Lipinski definition) is 2. The van der Waals surface area contributed by atoms with Crippen LogP contribution < -0.4 is 5.73 Å². The van der Waals surface area contributed by atoms with E-state index in [0.29, 0.717) is 12.1 Å². The molecule has 0 heterocycles. The highest BCUT2D eigenvalue weighted by molar-refractivity contribution is 5.95. The summed E-state index contributed by atoms with van der Waals surface area (Å²) in [5.41, 5.74) is 6.68. The molecule has 0 atom stereocenters. The second-order valence-electron chi connectivity index (χ2n) is 5.16. The quantitative estimate of drug-likeness (QED) is 0.581. The molecule has 0 aromatic heterocycles. The van der Waals surface area contributed by atoms with E-state index in [9.17, 15) is 4.39 Å². The van der Waals surface area contributed by atoms with Crippen molar-refractivity contribution in [2.24, 2.45) is 5.73 Å². The van der Waals surface area contributed by atoms with Crippen molar-refractivity contribution < 1.29 is 4.39 Å². The van der Waals surface area contributed by atoms with Gasteiger partial charge in [0.1, 0.15) is 11.7 Å². The Morgan fingerprint density at radius 2 is 1.89 bits per heavy atom. The Balaban J connectivity index is 2.58. The van der Waals surface area contributed by atoms with Gasteiger partial charge in [-0.3, -0.25) is 5.41 Å². The number of nitrogens with one attached hydrogen (secondary N) is 1. The molecule has 1 aromatic rings. The van der Waals surface area contributed by atoms with Gasteiger partial charge in [0, 0.05) is 12.1 Å². The fraction of sp³-hybridized carbons (Fsp3) is 0.500. The third-order valence-electron chi connectivity index (χ3n) is 2.87. The van der Waals surface area contributed by atoms with Gasteiger partial charge < -0.3 is 15.5 Å². The number of nitrogens with zero attached hydrogens (tertiary/aromatic N) is 2. The third kappa shape index (κ3) is 5.81. The van der Waals surface area contributed by atoms with Crippen molar-refractivity contribution in [2.75, 3.05) is 34.2 Å². The van der Waals surface area contributed by atoms with Crippen LogP contribution in [-0.2, 0) is 6.54 Å². The zero-order valence-corrected chi connectivity index (χ0v) is 11.9. The number of nitrogen functional groups attached to an aromatic ring is 1. The number of benzene rings is 1. The maximum atomic E-state index is 13.4. The Morgan fingerprint density at radius 3 is 2.47 bits per heavy atom. The standard InChI is InChI=1S/C14H23FN4/c1-18(2)5-4-6-19(3)10-11-7-12(14(16)17)9-13(15)8-11/h7-9H,4-6,10H2,1-3H3,(H3,16,17). The molecule has 0 fully saturated rings. The van der Waals surface area contributed by atoms with E-state index in [1.807, 2.05) is 21.1 Å². The molecule has 0 unspecified atom stereocenters. The minimum absolute atomic E-state index is 0.101. The van der Waals surface area contributed by atoms with Crippen LogP contribution in [0.25, 0.3) is 0 Å². The molecule has 1 aromatic carbocycles. The lowest BCUT2D eigenvalue weighted by molar-refractivity contribution is 0.294. The average Bonchev–Trinajstić information content (AvgIpc) is 2.27. The van der Waals surface area contributed by atoms with E-state index in [-0.39, 0.29) is 11.7 Å². The zero-order chi connectivity index (χ0) is 14.4. The van der Waals surface area contributed by atoms with Gasteiger partial charge >= 0.3 is 0 Å². The van der Waals surface area contributed by atoms with Crippen molar-refractivity contribution in [3.63, 3.8) is 0 Å². The summed E-state index contributed by atoms with van der Waals surface area (Å²) in [7, 11) is 6.10. The average molecular weight is 266 g/mol. The van der Waals surface area contributed by atoms with Crippen molar-refractivity contribution in [1.82, 2.24) is 9.80 Å². The number of halogens is 1. The molecule has 1 rings (SSSR count). The highest BCUT2D eigenvalue weighted by atomic mass is 19.1. The summed E-state index contributed by atoms with van der Waals surface area (Å²) < 4.78 is 13.4. The van der Waals surface area contributed by atoms with Crippen LogP contribution in [0.5, 0.6) is 0 Å². The minimum Gasteiger partial charge on any atom is -0.384 e. The minimum atomic E-state index is -0.343. The molecule has 0 aliphatic heterocycles. The molecular formula is C14H23FN4. The SMILES string of the molecule is CN(C)CCCN(C)Cc1cc(F)cc(C(=N)N)c1. The largest absolute Gasteiger partial charge is 0.384 e. The van der Waals surface area contributed by atoms with Crippen LogP contribution in [0.2, 0.25) is 0 Å². The van der Waals surface area contributed by atoms with E-state index in [1.54, 1.807) is 6.07 Å². The number of nitrogens with two attached hydrogens (primary N) is 1. The summed E-state index contributed by atoms with van der Waals surface area (Å²) in [5.74, 6) is -0.444. The Bertz CT molecular complexity index is 431. The zero-order valence-electron chi connectivity index (χ0n) is 11.9. The Kier molecular flexibility index (Phi) is 5.92. The lowest BCUT2D eigenvalue weighted by Gasteiger charge is -2.18. The van der Waals surface area contributed by atoms with Crippen molar-refractivity contribution in [1.29, 1.82) is 5.41 Å². The molecule has 0 aliphatic rings. The maximum absolute atomic E-state index is 13.4. The molecule has 0 amide bonds. The van der Waals surface area contributed by atoms with E-state index in [0.717, 1.165) is 25.1 Å². The first-order valence-electron chi connectivity index (χ1n) is 6.35. The second-order valence-corrected chi connectivity index (χ2v) is 5.16. The van der Waals surface area contributed by atoms with Crippen LogP contribution in [0.3, 0.4) is 0 Å². The summed E-state index contributed by atoms with van der Waals surface area (Å²) in [6.07, 6.45) is 1.07. The van der Waals surface area contributed by atoms with Crippen molar-refractivity contribution >= 4 is 5.84 Å². The van der Waals surface area contributed by atoms with Gasteiger partial charge in [-0.25, -0.2) is 4.39 Å². The summed E-state index contributed by atoms with van der Waals surface area (Å²) >= 11 is 0. The van der Waals surface area contributed by atoms with Gasteiger partial charge in [0.25, 0.3) is 0 Å². The lowest BCUT2D eigenvalue weighted by Crippen LogP contribution is -2.23. The summed E-state index contributed by atoms with van der Waals surface area (Å²) in [5, 5.41) is 7.36. The number of hydrogen-bond acceptors (Lipinski definition) is 3. The van der Waals surface area contributed by atoms with Crippen LogP contribution >= 0.6 is 0 Å². The van der Waals surface area contributed by atoms with Crippen LogP contribution in [-0.4, -0.2) is 49.9 Å². The smallest absolute Gasteiger partial charge is 0.124 e. The fourth-order valence-corrected chi connectivity index (χ4v) is 1.94. The Labute approximate surface area is 114 Å². The summed E-state index contributed by atoms with van der Waals surface area (Å²) in [6, 6.07) is 4.56. The molecule has 0 aliphatic carbocycles. The molecule has 5 heteroatoms. The topological polar surface area (TPSA) is 56.4 Å². The fourth-order valence-electron chi connectivity index (χ4n) is 1.94. The van der Waals surface area contributed by atoms with Gasteiger partial charge in [-0.15, -0.1) is 0 Å². The first-order chi connectivity index (χ1) is 8.88. The molecule has 0 saturated carbocycles. The molecule has 0 bridgehead atoms. The normalized spacial score (nSPS) is 11.3. The van der Waals surface area contributed by atoms with Gasteiger partial charge in [0.15, 0.2) is 0 Å². The molecule has 19 heavy (non-hydrogen) atoms. The molecular weight excluding hydrogens is 243 g/mol. The van der Waals surface area contributed by atoms with Crippen molar-refractivity contribution in [3.8, 4) is 0 Å². The second kappa shape index (κ2) is 7.21. The molecule has 106 valence electrons. The Hall–Kier alpha value is -1.46. The van der Waals surface area contributed by atoms with Gasteiger partial charge in [0.2, 0.25) is 0 Å². The Morgan fingerprint density at radius 1 is 1.21 bits per heavy atom. The van der Waals surface area contributed by atoms with Crippen LogP contribution in [0, 0.1) is 11.2 Å². The van der Waals surface area contributed by atoms with Gasteiger partial charge in [0.05, 0.1) is 0 Å². The highest BCUT2D eigenvalue weighted by Crippen LogP contribution is 2.11. The molecule has 4 nitrogen and oxygen atoms in total. The van der Waals surface area contributed by atoms with E-state index in [2.05, 4.69) is 9.80 Å². The number of amidine groups is 1. The van der Waals surface area contributed by atoms with E-state index in [1.165, 1.54) is 12.1 Å². The van der Waals surface area contributed by atoms with Crippen molar-refractivity contribution in [3.05, 3.63) is 35.1 Å². The van der Waals surface area contributed by atoms with Crippen LogP contribution in [0.15, 0.2) is 18.2 Å². The monoisotopic (exact) mass is 266 g/mol. The summed E-state index contributed by atoms with van der Waals surface area (Å²) in [4.78, 5) is 4.28. The van der Waals surface area contributed by atoms with E-state index >= 15 is 0 Å². The lowest BCUT2D eigenvalue weighted by atomic mass is 10.1. The summed E-state index contributed by atoms with van der Waals surface area (Å²) in [6.45, 7) is 2.64. The van der Waals surface area contributed by atoms with Crippen LogP contribution in [0.1, 0.15) is 17.5 Å². The maximum Gasteiger partial charge on any atom is 0.124 e. The predicted octanol–water partition coefficient (Wildman–Crippen LogP) is 1.49. The molecule has 0 saturated heterocycles. The van der Waals surface area contributed by atoms with Gasteiger partial charge in [-0.1, -0.05) is 0 Å². The highest BCUT2D eigenvalue weighted by Gasteiger charge is 2.06.